The predicted molar refractivity (Wildman–Crippen MR) is 61.2 cm³/mol. The van der Waals surface area contributed by atoms with E-state index in [1.54, 1.807) is 42.5 Å². The number of hydrogen-bond acceptors (Lipinski definition) is 5. The number of benzene rings is 1. The van der Waals surface area contributed by atoms with E-state index in [0.29, 0.717) is 5.69 Å². The van der Waals surface area contributed by atoms with Gasteiger partial charge in [-0.1, -0.05) is 0 Å². The van der Waals surface area contributed by atoms with Crippen molar-refractivity contribution in [2.45, 2.75) is 4.90 Å². The van der Waals surface area contributed by atoms with E-state index >= 15 is 0 Å². The predicted octanol–water partition coefficient (Wildman–Crippen LogP) is 2.21. The summed E-state index contributed by atoms with van der Waals surface area (Å²) in [6, 6.07) is 11.9. The first-order chi connectivity index (χ1) is 7.71. The van der Waals surface area contributed by atoms with E-state index in [9.17, 15) is 0 Å². The fourth-order valence-electron chi connectivity index (χ4n) is 0.972. The second-order valence-corrected chi connectivity index (χ2v) is 3.27. The van der Waals surface area contributed by atoms with Crippen LogP contribution in [0, 0.1) is 34.0 Å². The van der Waals surface area contributed by atoms with Crippen molar-refractivity contribution in [1.29, 1.82) is 15.8 Å². The van der Waals surface area contributed by atoms with Crippen LogP contribution in [0.2, 0.25) is 0 Å². The lowest BCUT2D eigenvalue weighted by atomic mass is 10.2. The number of hydrogen-bond donors (Lipinski definition) is 2. The molecule has 0 unspecified atom stereocenters. The van der Waals surface area contributed by atoms with Crippen LogP contribution in [0.4, 0.5) is 5.69 Å². The van der Waals surface area contributed by atoms with Crippen molar-refractivity contribution in [2.24, 2.45) is 0 Å². The van der Waals surface area contributed by atoms with E-state index in [2.05, 4.69) is 17.9 Å². The lowest BCUT2D eigenvalue weighted by Crippen LogP contribution is -2.00. The molecule has 1 rings (SSSR count). The Bertz CT molecular complexity index is 521. The topological polar surface area (TPSA) is 83.4 Å². The number of thiol groups is 1. The first-order valence-electron chi connectivity index (χ1n) is 4.22. The van der Waals surface area contributed by atoms with Crippen LogP contribution < -0.4 is 5.32 Å². The zero-order valence-electron chi connectivity index (χ0n) is 8.10. The highest BCUT2D eigenvalue weighted by Gasteiger charge is 2.05. The molecule has 0 bridgehead atoms. The van der Waals surface area contributed by atoms with Crippen LogP contribution in [0.1, 0.15) is 0 Å². The number of nitriles is 3. The number of anilines is 1. The van der Waals surface area contributed by atoms with Crippen molar-refractivity contribution in [1.82, 2.24) is 0 Å². The lowest BCUT2D eigenvalue weighted by molar-refractivity contribution is 1.36. The van der Waals surface area contributed by atoms with Crippen molar-refractivity contribution >= 4 is 18.3 Å². The summed E-state index contributed by atoms with van der Waals surface area (Å²) in [6.45, 7) is 0. The van der Waals surface area contributed by atoms with E-state index in [0.717, 1.165) is 4.90 Å². The van der Waals surface area contributed by atoms with Crippen molar-refractivity contribution in [3.63, 3.8) is 0 Å². The van der Waals surface area contributed by atoms with E-state index in [1.807, 2.05) is 0 Å². The molecular formula is C11H6N4S. The molecule has 0 aliphatic rings. The van der Waals surface area contributed by atoms with Gasteiger partial charge in [0.05, 0.1) is 0 Å². The molecule has 0 heterocycles. The van der Waals surface area contributed by atoms with Gasteiger partial charge >= 0.3 is 0 Å². The molecule has 0 aliphatic heterocycles. The molecule has 0 fully saturated rings. The van der Waals surface area contributed by atoms with Gasteiger partial charge in [0, 0.05) is 10.6 Å². The molecule has 0 amide bonds. The Morgan fingerprint density at radius 3 is 2.00 bits per heavy atom. The second-order valence-electron chi connectivity index (χ2n) is 2.76. The van der Waals surface area contributed by atoms with Gasteiger partial charge in [-0.25, -0.2) is 0 Å². The van der Waals surface area contributed by atoms with Gasteiger partial charge in [0.15, 0.2) is 5.57 Å². The summed E-state index contributed by atoms with van der Waals surface area (Å²) in [4.78, 5) is 0.786. The summed E-state index contributed by atoms with van der Waals surface area (Å²) >= 11 is 4.11. The van der Waals surface area contributed by atoms with Gasteiger partial charge in [0.25, 0.3) is 0 Å². The zero-order valence-corrected chi connectivity index (χ0v) is 8.99. The van der Waals surface area contributed by atoms with Crippen molar-refractivity contribution in [2.75, 3.05) is 5.32 Å². The molecule has 0 radical (unpaired) electrons. The Labute approximate surface area is 98.4 Å². The maximum absolute atomic E-state index is 8.79. The molecule has 16 heavy (non-hydrogen) atoms. The van der Waals surface area contributed by atoms with E-state index in [4.69, 9.17) is 15.8 Å². The Morgan fingerprint density at radius 2 is 1.56 bits per heavy atom. The van der Waals surface area contributed by atoms with Crippen LogP contribution in [0.5, 0.6) is 0 Å². The average Bonchev–Trinajstić information content (AvgIpc) is 2.32. The van der Waals surface area contributed by atoms with Crippen LogP contribution in [0.3, 0.4) is 0 Å². The van der Waals surface area contributed by atoms with Crippen molar-refractivity contribution in [3.8, 4) is 18.2 Å². The van der Waals surface area contributed by atoms with Crippen LogP contribution in [-0.2, 0) is 0 Å². The monoisotopic (exact) mass is 226 g/mol. The number of allylic oxidation sites excluding steroid dienone is 2. The third-order valence-corrected chi connectivity index (χ3v) is 2.02. The molecule has 1 N–H and O–H groups in total. The number of rotatable bonds is 2. The molecule has 4 nitrogen and oxygen atoms in total. The highest BCUT2D eigenvalue weighted by molar-refractivity contribution is 7.80. The smallest absolute Gasteiger partial charge is 0.163 e. The number of nitrogens with one attached hydrogen (secondary N) is 1. The van der Waals surface area contributed by atoms with Gasteiger partial charge in [-0.05, 0) is 24.3 Å². The molecule has 0 aliphatic carbocycles. The Hall–Kier alpha value is -2.42. The van der Waals surface area contributed by atoms with Crippen LogP contribution >= 0.6 is 12.6 Å². The van der Waals surface area contributed by atoms with Gasteiger partial charge in [0.2, 0.25) is 0 Å². The average molecular weight is 226 g/mol. The lowest BCUT2D eigenvalue weighted by Gasteiger charge is -2.03. The maximum Gasteiger partial charge on any atom is 0.163 e. The van der Waals surface area contributed by atoms with Gasteiger partial charge < -0.3 is 5.32 Å². The minimum atomic E-state index is -0.238. The van der Waals surface area contributed by atoms with Crippen LogP contribution in [0.15, 0.2) is 40.4 Å². The summed E-state index contributed by atoms with van der Waals surface area (Å²) in [5.74, 6) is 0. The molecule has 0 saturated heterocycles. The largest absolute Gasteiger partial charge is 0.345 e. The molecule has 1 aromatic rings. The SMILES string of the molecule is N#CC(C#N)=C(C#N)Nc1ccc(S)cc1. The molecule has 0 aromatic heterocycles. The van der Waals surface area contributed by atoms with E-state index < -0.39 is 0 Å². The van der Waals surface area contributed by atoms with Crippen LogP contribution in [0.25, 0.3) is 0 Å². The molecule has 5 heteroatoms. The van der Waals surface area contributed by atoms with Crippen LogP contribution in [-0.4, -0.2) is 0 Å². The second kappa shape index (κ2) is 5.46. The maximum atomic E-state index is 8.79. The highest BCUT2D eigenvalue weighted by atomic mass is 32.1. The molecule has 0 spiro atoms. The molecule has 1 aromatic carbocycles. The first-order valence-corrected chi connectivity index (χ1v) is 4.66. The minimum absolute atomic E-state index is 0.0584. The first kappa shape index (κ1) is 11.7. The van der Waals surface area contributed by atoms with Gasteiger partial charge in [-0.3, -0.25) is 0 Å². The quantitative estimate of drug-likeness (QED) is 0.598. The summed E-state index contributed by atoms with van der Waals surface area (Å²) in [5, 5.41) is 28.7. The fraction of sp³-hybridized carbons (Fsp3) is 0. The normalized spacial score (nSPS) is 8.12. The van der Waals surface area contributed by atoms with Gasteiger partial charge in [-0.15, -0.1) is 12.6 Å². The van der Waals surface area contributed by atoms with Gasteiger partial charge in [0.1, 0.15) is 23.9 Å². The minimum Gasteiger partial charge on any atom is -0.345 e. The van der Waals surface area contributed by atoms with Crippen molar-refractivity contribution < 1.29 is 0 Å². The zero-order chi connectivity index (χ0) is 12.0. The summed E-state index contributed by atoms with van der Waals surface area (Å²) < 4.78 is 0. The Morgan fingerprint density at radius 1 is 1.00 bits per heavy atom. The van der Waals surface area contributed by atoms with E-state index in [-0.39, 0.29) is 11.3 Å². The third-order valence-electron chi connectivity index (χ3n) is 1.72. The standard InChI is InChI=1S/C11H6N4S/c12-5-8(6-13)11(7-14)15-9-1-3-10(16)4-2-9/h1-4,15-16H. The summed E-state index contributed by atoms with van der Waals surface area (Å²) in [6.07, 6.45) is 0. The Balaban J connectivity index is 3.02. The fourth-order valence-corrected chi connectivity index (χ4v) is 1.12. The summed E-state index contributed by atoms with van der Waals surface area (Å²) in [7, 11) is 0. The number of nitrogens with zero attached hydrogens (tertiary/aromatic N) is 3. The molecule has 0 saturated carbocycles. The van der Waals surface area contributed by atoms with Gasteiger partial charge in [-0.2, -0.15) is 15.8 Å². The van der Waals surface area contributed by atoms with E-state index in [1.165, 1.54) is 0 Å². The third kappa shape index (κ3) is 2.78. The Kier molecular flexibility index (Phi) is 3.98. The molecule has 76 valence electrons. The molecule has 0 atom stereocenters. The highest BCUT2D eigenvalue weighted by Crippen LogP contribution is 2.15. The molecular weight excluding hydrogens is 220 g/mol. The van der Waals surface area contributed by atoms with Crippen molar-refractivity contribution in [3.05, 3.63) is 35.5 Å². The summed E-state index contributed by atoms with van der Waals surface area (Å²) in [5.41, 5.74) is 0.326.